The van der Waals surface area contributed by atoms with Crippen molar-refractivity contribution in [2.45, 2.75) is 52.7 Å². The maximum absolute atomic E-state index is 5.95. The minimum absolute atomic E-state index is 0.492. The van der Waals surface area contributed by atoms with Gasteiger partial charge in [-0.1, -0.05) is 56.0 Å². The van der Waals surface area contributed by atoms with Crippen LogP contribution in [0.5, 0.6) is 11.5 Å². The van der Waals surface area contributed by atoms with Crippen LogP contribution in [0.2, 0.25) is 5.02 Å². The molecule has 1 N–H and O–H groups in total. The summed E-state index contributed by atoms with van der Waals surface area (Å²) >= 11 is 5.92. The second kappa shape index (κ2) is 11.8. The molecule has 0 bridgehead atoms. The Hall–Kier alpha value is -1.71. The lowest BCUT2D eigenvalue weighted by atomic mass is 10.2. The molecule has 2 aromatic carbocycles. The average molecular weight is 376 g/mol. The summed E-state index contributed by atoms with van der Waals surface area (Å²) in [6.07, 6.45) is 5.12. The third-order valence-electron chi connectivity index (χ3n) is 4.15. The summed E-state index contributed by atoms with van der Waals surface area (Å²) in [5.41, 5.74) is 2.29. The molecule has 0 unspecified atom stereocenters. The Balaban J connectivity index is 1.89. The highest BCUT2D eigenvalue weighted by Crippen LogP contribution is 2.29. The molecule has 0 saturated heterocycles. The predicted octanol–water partition coefficient (Wildman–Crippen LogP) is 5.99. The Bertz CT molecular complexity index is 643. The van der Waals surface area contributed by atoms with E-state index >= 15 is 0 Å². The Morgan fingerprint density at radius 2 is 1.62 bits per heavy atom. The highest BCUT2D eigenvalue weighted by atomic mass is 35.5. The van der Waals surface area contributed by atoms with Crippen LogP contribution in [0.15, 0.2) is 42.5 Å². The number of benzene rings is 2. The molecule has 2 rings (SSSR count). The van der Waals surface area contributed by atoms with Crippen molar-refractivity contribution in [3.05, 3.63) is 58.6 Å². The molecule has 0 atom stereocenters. The summed E-state index contributed by atoms with van der Waals surface area (Å²) in [6.45, 7) is 7.24. The zero-order valence-electron chi connectivity index (χ0n) is 15.9. The summed E-state index contributed by atoms with van der Waals surface area (Å²) < 4.78 is 11.7. The minimum Gasteiger partial charge on any atom is -0.490 e. The van der Waals surface area contributed by atoms with E-state index in [2.05, 4.69) is 24.4 Å². The molecule has 0 aliphatic carbocycles. The van der Waals surface area contributed by atoms with Crippen LogP contribution in [0.3, 0.4) is 0 Å². The van der Waals surface area contributed by atoms with E-state index in [1.807, 2.05) is 37.3 Å². The molecule has 0 aromatic heterocycles. The summed E-state index contributed by atoms with van der Waals surface area (Å²) in [5.74, 6) is 1.57. The van der Waals surface area contributed by atoms with Gasteiger partial charge in [0, 0.05) is 11.6 Å². The largest absolute Gasteiger partial charge is 0.490 e. The number of halogens is 1. The van der Waals surface area contributed by atoms with Crippen molar-refractivity contribution < 1.29 is 9.47 Å². The lowest BCUT2D eigenvalue weighted by Gasteiger charge is -2.14. The number of hydrogen-bond acceptors (Lipinski definition) is 3. The van der Waals surface area contributed by atoms with Gasteiger partial charge in [0.1, 0.15) is 6.61 Å². The zero-order chi connectivity index (χ0) is 18.6. The monoisotopic (exact) mass is 375 g/mol. The minimum atomic E-state index is 0.492. The maximum Gasteiger partial charge on any atom is 0.161 e. The molecule has 4 heteroatoms. The van der Waals surface area contributed by atoms with Crippen LogP contribution in [0.1, 0.15) is 50.7 Å². The van der Waals surface area contributed by atoms with Gasteiger partial charge in [-0.2, -0.15) is 0 Å². The van der Waals surface area contributed by atoms with E-state index in [0.717, 1.165) is 35.2 Å². The van der Waals surface area contributed by atoms with Crippen LogP contribution in [0.4, 0.5) is 0 Å². The quantitative estimate of drug-likeness (QED) is 0.462. The molecule has 0 aliphatic heterocycles. The van der Waals surface area contributed by atoms with Gasteiger partial charge in [0.2, 0.25) is 0 Å². The van der Waals surface area contributed by atoms with Crippen molar-refractivity contribution >= 4 is 11.6 Å². The smallest absolute Gasteiger partial charge is 0.161 e. The van der Waals surface area contributed by atoms with E-state index in [9.17, 15) is 0 Å². The SMILES string of the molecule is CCCCCCNCc1ccc(OCc2ccc(Cl)cc2)c(OCC)c1. The predicted molar refractivity (Wildman–Crippen MR) is 109 cm³/mol. The van der Waals surface area contributed by atoms with Crippen LogP contribution in [0.25, 0.3) is 0 Å². The van der Waals surface area contributed by atoms with Gasteiger partial charge in [-0.15, -0.1) is 0 Å². The third-order valence-corrected chi connectivity index (χ3v) is 4.40. The third kappa shape index (κ3) is 7.27. The van der Waals surface area contributed by atoms with Gasteiger partial charge in [-0.05, 0) is 55.3 Å². The summed E-state index contributed by atoms with van der Waals surface area (Å²) in [5, 5.41) is 4.24. The van der Waals surface area contributed by atoms with Gasteiger partial charge in [0.15, 0.2) is 11.5 Å². The van der Waals surface area contributed by atoms with Gasteiger partial charge < -0.3 is 14.8 Å². The van der Waals surface area contributed by atoms with Crippen molar-refractivity contribution in [1.29, 1.82) is 0 Å². The molecule has 3 nitrogen and oxygen atoms in total. The normalized spacial score (nSPS) is 10.7. The molecule has 142 valence electrons. The van der Waals surface area contributed by atoms with Crippen LogP contribution < -0.4 is 14.8 Å². The fourth-order valence-electron chi connectivity index (χ4n) is 2.70. The number of ether oxygens (including phenoxy) is 2. The molecular weight excluding hydrogens is 346 g/mol. The van der Waals surface area contributed by atoms with Gasteiger partial charge in [0.25, 0.3) is 0 Å². The summed E-state index contributed by atoms with van der Waals surface area (Å²) in [6, 6.07) is 13.9. The van der Waals surface area contributed by atoms with Crippen molar-refractivity contribution in [3.63, 3.8) is 0 Å². The second-order valence-electron chi connectivity index (χ2n) is 6.37. The number of rotatable bonds is 12. The van der Waals surface area contributed by atoms with E-state index < -0.39 is 0 Å². The Kier molecular flexibility index (Phi) is 9.36. The Morgan fingerprint density at radius 3 is 2.35 bits per heavy atom. The second-order valence-corrected chi connectivity index (χ2v) is 6.80. The molecule has 2 aromatic rings. The average Bonchev–Trinajstić information content (AvgIpc) is 2.65. The first-order valence-electron chi connectivity index (χ1n) is 9.56. The Morgan fingerprint density at radius 1 is 0.846 bits per heavy atom. The van der Waals surface area contributed by atoms with Crippen LogP contribution >= 0.6 is 11.6 Å². The maximum atomic E-state index is 5.95. The summed E-state index contributed by atoms with van der Waals surface area (Å²) in [4.78, 5) is 0. The lowest BCUT2D eigenvalue weighted by Crippen LogP contribution is -2.14. The Labute approximate surface area is 162 Å². The number of unbranched alkanes of at least 4 members (excludes halogenated alkanes) is 3. The molecule has 0 heterocycles. The molecule has 0 saturated carbocycles. The molecule has 0 radical (unpaired) electrons. The summed E-state index contributed by atoms with van der Waals surface area (Å²) in [7, 11) is 0. The van der Waals surface area contributed by atoms with Gasteiger partial charge in [0.05, 0.1) is 6.61 Å². The first-order valence-corrected chi connectivity index (χ1v) is 9.94. The molecular formula is C22H30ClNO2. The molecule has 0 fully saturated rings. The number of nitrogens with one attached hydrogen (secondary N) is 1. The van der Waals surface area contributed by atoms with Crippen molar-refractivity contribution in [2.24, 2.45) is 0 Å². The zero-order valence-corrected chi connectivity index (χ0v) is 16.6. The van der Waals surface area contributed by atoms with E-state index in [1.54, 1.807) is 0 Å². The van der Waals surface area contributed by atoms with Crippen LogP contribution in [-0.2, 0) is 13.2 Å². The van der Waals surface area contributed by atoms with Crippen molar-refractivity contribution in [1.82, 2.24) is 5.32 Å². The van der Waals surface area contributed by atoms with Crippen LogP contribution in [0, 0.1) is 0 Å². The van der Waals surface area contributed by atoms with Crippen LogP contribution in [-0.4, -0.2) is 13.2 Å². The van der Waals surface area contributed by atoms with Crippen molar-refractivity contribution in [2.75, 3.05) is 13.2 Å². The fourth-order valence-corrected chi connectivity index (χ4v) is 2.83. The first kappa shape index (κ1) is 20.6. The number of hydrogen-bond donors (Lipinski definition) is 1. The van der Waals surface area contributed by atoms with E-state index in [0.29, 0.717) is 13.2 Å². The van der Waals surface area contributed by atoms with E-state index in [4.69, 9.17) is 21.1 Å². The lowest BCUT2D eigenvalue weighted by molar-refractivity contribution is 0.269. The van der Waals surface area contributed by atoms with E-state index in [1.165, 1.54) is 31.2 Å². The molecule has 0 spiro atoms. The van der Waals surface area contributed by atoms with Gasteiger partial charge in [-0.25, -0.2) is 0 Å². The topological polar surface area (TPSA) is 30.5 Å². The standard InChI is InChI=1S/C22H30ClNO2/c1-3-5-6-7-14-24-16-19-10-13-21(22(15-19)25-4-2)26-17-18-8-11-20(23)12-9-18/h8-13,15,24H,3-7,14,16-17H2,1-2H3. The van der Waals surface area contributed by atoms with Gasteiger partial charge >= 0.3 is 0 Å². The molecule has 26 heavy (non-hydrogen) atoms. The van der Waals surface area contributed by atoms with Crippen molar-refractivity contribution in [3.8, 4) is 11.5 Å². The van der Waals surface area contributed by atoms with E-state index in [-0.39, 0.29) is 0 Å². The molecule has 0 aliphatic rings. The highest BCUT2D eigenvalue weighted by Gasteiger charge is 2.07. The molecule has 0 amide bonds. The van der Waals surface area contributed by atoms with Gasteiger partial charge in [-0.3, -0.25) is 0 Å². The fraction of sp³-hybridized carbons (Fsp3) is 0.455. The highest BCUT2D eigenvalue weighted by molar-refractivity contribution is 6.30. The first-order chi connectivity index (χ1) is 12.7.